The average Bonchev–Trinajstić information content (AvgIpc) is 2.94. The van der Waals surface area contributed by atoms with Gasteiger partial charge in [-0.2, -0.15) is 13.2 Å². The molecule has 0 saturated carbocycles. The average molecular weight is 355 g/mol. The maximum atomic E-state index is 13.8. The van der Waals surface area contributed by atoms with Crippen LogP contribution in [0.3, 0.4) is 0 Å². The van der Waals surface area contributed by atoms with Crippen molar-refractivity contribution in [1.29, 1.82) is 0 Å². The van der Waals surface area contributed by atoms with Gasteiger partial charge >= 0.3 is 6.18 Å². The standard InChI is InChI=1S/C21H16F3NO/c1-12-10-17(21(22,23)24)19-18(13-6-4-3-5-7-13)15-9-8-14(26-2)11-16(15)20(19)25-12/h3-11,18H,1-2H3. The first-order valence-corrected chi connectivity index (χ1v) is 8.22. The highest BCUT2D eigenvalue weighted by atomic mass is 19.4. The summed E-state index contributed by atoms with van der Waals surface area (Å²) in [4.78, 5) is 4.46. The van der Waals surface area contributed by atoms with E-state index in [-0.39, 0.29) is 5.56 Å². The number of nitrogens with zero attached hydrogens (tertiary/aromatic N) is 1. The van der Waals surface area contributed by atoms with E-state index in [1.807, 2.05) is 36.4 Å². The minimum absolute atomic E-state index is 0.220. The van der Waals surface area contributed by atoms with Gasteiger partial charge in [0.25, 0.3) is 0 Å². The molecule has 2 nitrogen and oxygen atoms in total. The van der Waals surface area contributed by atoms with Crippen LogP contribution in [0.2, 0.25) is 0 Å². The third-order valence-electron chi connectivity index (χ3n) is 4.74. The second-order valence-corrected chi connectivity index (χ2v) is 6.37. The lowest BCUT2D eigenvalue weighted by Crippen LogP contribution is -2.13. The van der Waals surface area contributed by atoms with Crippen molar-refractivity contribution in [3.05, 3.63) is 82.5 Å². The minimum Gasteiger partial charge on any atom is -0.497 e. The van der Waals surface area contributed by atoms with E-state index in [0.717, 1.165) is 17.2 Å². The van der Waals surface area contributed by atoms with Gasteiger partial charge in [0.1, 0.15) is 5.75 Å². The Morgan fingerprint density at radius 3 is 2.38 bits per heavy atom. The zero-order valence-corrected chi connectivity index (χ0v) is 14.3. The molecule has 4 rings (SSSR count). The third kappa shape index (κ3) is 2.55. The lowest BCUT2D eigenvalue weighted by molar-refractivity contribution is -0.138. The van der Waals surface area contributed by atoms with Gasteiger partial charge in [0.2, 0.25) is 0 Å². The molecule has 0 amide bonds. The Kier molecular flexibility index (Phi) is 3.75. The molecule has 1 aliphatic rings. The van der Waals surface area contributed by atoms with Gasteiger partial charge in [-0.05, 0) is 36.2 Å². The van der Waals surface area contributed by atoms with Gasteiger partial charge in [0.05, 0.1) is 18.4 Å². The number of pyridine rings is 1. The highest BCUT2D eigenvalue weighted by molar-refractivity contribution is 5.80. The van der Waals surface area contributed by atoms with E-state index < -0.39 is 17.7 Å². The number of ether oxygens (including phenoxy) is 1. The molecular weight excluding hydrogens is 339 g/mol. The van der Waals surface area contributed by atoms with Crippen LogP contribution < -0.4 is 4.74 Å². The summed E-state index contributed by atoms with van der Waals surface area (Å²) < 4.78 is 46.8. The molecule has 0 N–H and O–H groups in total. The SMILES string of the molecule is COc1ccc2c(c1)-c1nc(C)cc(C(F)(F)F)c1C2c1ccccc1. The van der Waals surface area contributed by atoms with Crippen LogP contribution in [0.15, 0.2) is 54.6 Å². The van der Waals surface area contributed by atoms with Gasteiger partial charge in [-0.15, -0.1) is 0 Å². The molecule has 0 saturated heterocycles. The van der Waals surface area contributed by atoms with Gasteiger partial charge < -0.3 is 4.74 Å². The van der Waals surface area contributed by atoms with Gasteiger partial charge in [0, 0.05) is 22.7 Å². The van der Waals surface area contributed by atoms with Crippen molar-refractivity contribution in [2.24, 2.45) is 0 Å². The fourth-order valence-electron chi connectivity index (χ4n) is 3.68. The molecule has 0 radical (unpaired) electrons. The summed E-state index contributed by atoms with van der Waals surface area (Å²) in [7, 11) is 1.54. The first-order chi connectivity index (χ1) is 12.4. The maximum Gasteiger partial charge on any atom is 0.416 e. The van der Waals surface area contributed by atoms with E-state index in [1.165, 1.54) is 7.11 Å². The number of hydrogen-bond donors (Lipinski definition) is 0. The Balaban J connectivity index is 2.08. The number of rotatable bonds is 2. The van der Waals surface area contributed by atoms with Crippen molar-refractivity contribution in [3.63, 3.8) is 0 Å². The first kappa shape index (κ1) is 16.6. The fourth-order valence-corrected chi connectivity index (χ4v) is 3.68. The molecule has 0 spiro atoms. The number of benzene rings is 2. The molecule has 5 heteroatoms. The van der Waals surface area contributed by atoms with Crippen LogP contribution in [-0.4, -0.2) is 12.1 Å². The predicted molar refractivity (Wildman–Crippen MR) is 93.4 cm³/mol. The molecule has 132 valence electrons. The molecular formula is C21H16F3NO. The summed E-state index contributed by atoms with van der Waals surface area (Å²) in [5.74, 6) is 0.0945. The Hall–Kier alpha value is -2.82. The van der Waals surface area contributed by atoms with Crippen molar-refractivity contribution in [1.82, 2.24) is 4.98 Å². The third-order valence-corrected chi connectivity index (χ3v) is 4.74. The normalized spacial score (nSPS) is 15.5. The van der Waals surface area contributed by atoms with Gasteiger partial charge in [-0.1, -0.05) is 36.4 Å². The van der Waals surface area contributed by atoms with Crippen molar-refractivity contribution >= 4 is 0 Å². The van der Waals surface area contributed by atoms with E-state index in [9.17, 15) is 13.2 Å². The molecule has 1 atom stereocenters. The lowest BCUT2D eigenvalue weighted by atomic mass is 9.87. The smallest absolute Gasteiger partial charge is 0.416 e. The summed E-state index contributed by atoms with van der Waals surface area (Å²) in [6.07, 6.45) is -4.45. The number of aromatic nitrogens is 1. The van der Waals surface area contributed by atoms with E-state index in [4.69, 9.17) is 4.74 Å². The zero-order chi connectivity index (χ0) is 18.5. The highest BCUT2D eigenvalue weighted by Gasteiger charge is 2.42. The number of hydrogen-bond acceptors (Lipinski definition) is 2. The molecule has 1 unspecified atom stereocenters. The number of alkyl halides is 3. The van der Waals surface area contributed by atoms with E-state index in [1.54, 1.807) is 19.1 Å². The molecule has 1 heterocycles. The summed E-state index contributed by atoms with van der Waals surface area (Å²) in [6.45, 7) is 1.59. The molecule has 3 aromatic rings. The van der Waals surface area contributed by atoms with Crippen LogP contribution in [-0.2, 0) is 6.18 Å². The van der Waals surface area contributed by atoms with Crippen molar-refractivity contribution < 1.29 is 17.9 Å². The van der Waals surface area contributed by atoms with E-state index in [2.05, 4.69) is 4.98 Å². The molecule has 2 aromatic carbocycles. The fraction of sp³-hybridized carbons (Fsp3) is 0.190. The highest BCUT2D eigenvalue weighted by Crippen LogP contribution is 2.52. The van der Waals surface area contributed by atoms with Gasteiger partial charge in [0.15, 0.2) is 0 Å². The number of halogens is 3. The van der Waals surface area contributed by atoms with Crippen molar-refractivity contribution in [3.8, 4) is 17.0 Å². The van der Waals surface area contributed by atoms with Crippen LogP contribution in [0.1, 0.15) is 33.9 Å². The lowest BCUT2D eigenvalue weighted by Gasteiger charge is -2.19. The summed E-state index contributed by atoms with van der Waals surface area (Å²) in [5, 5.41) is 0. The number of aryl methyl sites for hydroxylation is 1. The largest absolute Gasteiger partial charge is 0.497 e. The first-order valence-electron chi connectivity index (χ1n) is 8.22. The maximum absolute atomic E-state index is 13.8. The van der Waals surface area contributed by atoms with Gasteiger partial charge in [-0.25, -0.2) is 0 Å². The van der Waals surface area contributed by atoms with E-state index in [0.29, 0.717) is 22.7 Å². The molecule has 1 aliphatic carbocycles. The number of fused-ring (bicyclic) bond motifs is 3. The molecule has 1 aromatic heterocycles. The summed E-state index contributed by atoms with van der Waals surface area (Å²) >= 11 is 0. The molecule has 0 bridgehead atoms. The summed E-state index contributed by atoms with van der Waals surface area (Å²) in [5.41, 5.74) is 2.66. The quantitative estimate of drug-likeness (QED) is 0.468. The van der Waals surface area contributed by atoms with Crippen LogP contribution >= 0.6 is 0 Å². The zero-order valence-electron chi connectivity index (χ0n) is 14.3. The Labute approximate surface area is 149 Å². The van der Waals surface area contributed by atoms with Crippen LogP contribution in [0.5, 0.6) is 5.75 Å². The van der Waals surface area contributed by atoms with Crippen LogP contribution in [0.25, 0.3) is 11.3 Å². The predicted octanol–water partition coefficient (Wildman–Crippen LogP) is 5.58. The Morgan fingerprint density at radius 2 is 1.73 bits per heavy atom. The van der Waals surface area contributed by atoms with Gasteiger partial charge in [-0.3, -0.25) is 4.98 Å². The molecule has 0 aliphatic heterocycles. The van der Waals surface area contributed by atoms with Crippen LogP contribution in [0.4, 0.5) is 13.2 Å². The molecule has 0 fully saturated rings. The van der Waals surface area contributed by atoms with Crippen molar-refractivity contribution in [2.75, 3.05) is 7.11 Å². The van der Waals surface area contributed by atoms with Crippen molar-refractivity contribution in [2.45, 2.75) is 19.0 Å². The number of methoxy groups -OCH3 is 1. The molecule has 26 heavy (non-hydrogen) atoms. The topological polar surface area (TPSA) is 22.1 Å². The minimum atomic E-state index is -4.45. The monoisotopic (exact) mass is 355 g/mol. The van der Waals surface area contributed by atoms with E-state index >= 15 is 0 Å². The van der Waals surface area contributed by atoms with Crippen LogP contribution in [0, 0.1) is 6.92 Å². The summed E-state index contributed by atoms with van der Waals surface area (Å²) in [6, 6.07) is 15.8. The second kappa shape index (κ2) is 5.87. The Bertz CT molecular complexity index is 981. The second-order valence-electron chi connectivity index (χ2n) is 6.37. The Morgan fingerprint density at radius 1 is 1.00 bits per heavy atom.